The first kappa shape index (κ1) is 10.9. The fourth-order valence-electron chi connectivity index (χ4n) is 2.16. The summed E-state index contributed by atoms with van der Waals surface area (Å²) < 4.78 is 0. The molecule has 88 valence electrons. The number of carboxylic acids is 1. The number of aryl methyl sites for hydroxylation is 1. The maximum atomic E-state index is 11.1. The van der Waals surface area contributed by atoms with Crippen LogP contribution >= 0.6 is 22.7 Å². The molecule has 1 aliphatic rings. The van der Waals surface area contributed by atoms with Crippen molar-refractivity contribution in [2.24, 2.45) is 0 Å². The van der Waals surface area contributed by atoms with Gasteiger partial charge in [-0.3, -0.25) is 4.79 Å². The van der Waals surface area contributed by atoms with E-state index in [2.05, 4.69) is 16.4 Å². The number of carboxylic acid groups (broad SMARTS) is 1. The van der Waals surface area contributed by atoms with E-state index in [1.165, 1.54) is 9.75 Å². The zero-order valence-electron chi connectivity index (χ0n) is 9.05. The van der Waals surface area contributed by atoms with Crippen LogP contribution in [0.25, 0.3) is 0 Å². The van der Waals surface area contributed by atoms with E-state index in [4.69, 9.17) is 5.11 Å². The quantitative estimate of drug-likeness (QED) is 0.928. The smallest absolute Gasteiger partial charge is 0.312 e. The van der Waals surface area contributed by atoms with Gasteiger partial charge in [0.2, 0.25) is 0 Å². The van der Waals surface area contributed by atoms with Crippen molar-refractivity contribution < 1.29 is 9.90 Å². The van der Waals surface area contributed by atoms with Crippen LogP contribution in [-0.2, 0) is 17.6 Å². The van der Waals surface area contributed by atoms with Crippen molar-refractivity contribution in [3.05, 3.63) is 38.0 Å². The molecule has 5 heteroatoms. The first-order valence-corrected chi connectivity index (χ1v) is 7.17. The van der Waals surface area contributed by atoms with E-state index in [-0.39, 0.29) is 5.92 Å². The monoisotopic (exact) mass is 265 g/mol. The molecule has 0 fully saturated rings. The van der Waals surface area contributed by atoms with E-state index < -0.39 is 5.97 Å². The summed E-state index contributed by atoms with van der Waals surface area (Å²) >= 11 is 3.39. The number of rotatable bonds is 3. The number of nitrogens with zero attached hydrogens (tertiary/aromatic N) is 1. The predicted molar refractivity (Wildman–Crippen MR) is 67.9 cm³/mol. The highest BCUT2D eigenvalue weighted by Gasteiger charge is 2.32. The molecule has 0 saturated carbocycles. The molecule has 0 aliphatic heterocycles. The molecule has 1 atom stereocenters. The normalized spacial score (nSPS) is 18.2. The number of hydrogen-bond donors (Lipinski definition) is 1. The third-order valence-corrected chi connectivity index (χ3v) is 4.97. The van der Waals surface area contributed by atoms with Gasteiger partial charge < -0.3 is 5.11 Å². The van der Waals surface area contributed by atoms with Crippen molar-refractivity contribution in [2.75, 3.05) is 0 Å². The van der Waals surface area contributed by atoms with Gasteiger partial charge in [-0.25, -0.2) is 4.98 Å². The van der Waals surface area contributed by atoms with Crippen molar-refractivity contribution in [3.8, 4) is 0 Å². The molecular formula is C12H11NO2S2. The van der Waals surface area contributed by atoms with Crippen LogP contribution in [-0.4, -0.2) is 16.1 Å². The molecule has 0 saturated heterocycles. The number of carbonyl (C=O) groups is 1. The molecule has 0 aromatic carbocycles. The standard InChI is InChI=1S/C12H11NO2S2/c14-12(15)8-3-4-9-11(8)13-10(17-9)6-7-2-1-5-16-7/h1-2,5,8H,3-4,6H2,(H,14,15). The summed E-state index contributed by atoms with van der Waals surface area (Å²) in [5.74, 6) is -1.12. The first-order valence-electron chi connectivity index (χ1n) is 5.47. The van der Waals surface area contributed by atoms with Crippen LogP contribution in [0, 0.1) is 0 Å². The lowest BCUT2D eigenvalue weighted by Crippen LogP contribution is -2.08. The van der Waals surface area contributed by atoms with Crippen molar-refractivity contribution in [3.63, 3.8) is 0 Å². The molecule has 2 heterocycles. The van der Waals surface area contributed by atoms with Gasteiger partial charge in [-0.1, -0.05) is 6.07 Å². The average molecular weight is 265 g/mol. The van der Waals surface area contributed by atoms with Gasteiger partial charge in [0.25, 0.3) is 0 Å². The number of hydrogen-bond acceptors (Lipinski definition) is 4. The Balaban J connectivity index is 1.86. The second-order valence-electron chi connectivity index (χ2n) is 4.10. The van der Waals surface area contributed by atoms with Gasteiger partial charge in [0.05, 0.1) is 10.7 Å². The largest absolute Gasteiger partial charge is 0.481 e. The highest BCUT2D eigenvalue weighted by atomic mass is 32.1. The third-order valence-electron chi connectivity index (χ3n) is 2.97. The zero-order valence-corrected chi connectivity index (χ0v) is 10.7. The lowest BCUT2D eigenvalue weighted by Gasteiger charge is -2.00. The molecule has 0 radical (unpaired) electrons. The molecule has 1 N–H and O–H groups in total. The summed E-state index contributed by atoms with van der Waals surface area (Å²) in [6.45, 7) is 0. The Kier molecular flexibility index (Phi) is 2.72. The third kappa shape index (κ3) is 2.00. The predicted octanol–water partition coefficient (Wildman–Crippen LogP) is 2.91. The highest BCUT2D eigenvalue weighted by molar-refractivity contribution is 7.12. The number of aliphatic carboxylic acids is 1. The summed E-state index contributed by atoms with van der Waals surface area (Å²) in [4.78, 5) is 18.0. The summed E-state index contributed by atoms with van der Waals surface area (Å²) in [5.41, 5.74) is 0.814. The summed E-state index contributed by atoms with van der Waals surface area (Å²) in [6, 6.07) is 4.12. The van der Waals surface area contributed by atoms with Gasteiger partial charge in [-0.2, -0.15) is 0 Å². The lowest BCUT2D eigenvalue weighted by molar-refractivity contribution is -0.138. The van der Waals surface area contributed by atoms with E-state index in [1.807, 2.05) is 6.07 Å². The van der Waals surface area contributed by atoms with Gasteiger partial charge in [0, 0.05) is 16.2 Å². The van der Waals surface area contributed by atoms with Crippen LogP contribution < -0.4 is 0 Å². The number of aromatic nitrogens is 1. The highest BCUT2D eigenvalue weighted by Crippen LogP contribution is 2.37. The van der Waals surface area contributed by atoms with Crippen LogP contribution in [0.5, 0.6) is 0 Å². The van der Waals surface area contributed by atoms with Crippen molar-refractivity contribution in [2.45, 2.75) is 25.2 Å². The molecule has 3 rings (SSSR count). The second-order valence-corrected chi connectivity index (χ2v) is 6.30. The van der Waals surface area contributed by atoms with E-state index in [1.54, 1.807) is 22.7 Å². The van der Waals surface area contributed by atoms with Gasteiger partial charge in [-0.15, -0.1) is 22.7 Å². The minimum atomic E-state index is -0.739. The first-order chi connectivity index (χ1) is 8.24. The fraction of sp³-hybridized carbons (Fsp3) is 0.333. The van der Waals surface area contributed by atoms with Crippen LogP contribution in [0.3, 0.4) is 0 Å². The minimum Gasteiger partial charge on any atom is -0.481 e. The Morgan fingerprint density at radius 1 is 1.59 bits per heavy atom. The van der Waals surface area contributed by atoms with Crippen LogP contribution in [0.2, 0.25) is 0 Å². The van der Waals surface area contributed by atoms with Gasteiger partial charge in [0.1, 0.15) is 5.92 Å². The summed E-state index contributed by atoms with van der Waals surface area (Å²) in [7, 11) is 0. The zero-order chi connectivity index (χ0) is 11.8. The summed E-state index contributed by atoms with van der Waals surface area (Å²) in [5, 5.41) is 12.2. The van der Waals surface area contributed by atoms with Crippen molar-refractivity contribution >= 4 is 28.6 Å². The molecule has 0 bridgehead atoms. The Labute approximate surface area is 107 Å². The SMILES string of the molecule is O=C(O)C1CCc2sc(Cc3cccs3)nc21. The van der Waals surface area contributed by atoms with E-state index in [0.717, 1.165) is 23.5 Å². The van der Waals surface area contributed by atoms with Gasteiger partial charge in [-0.05, 0) is 24.3 Å². The number of fused-ring (bicyclic) bond motifs is 1. The van der Waals surface area contributed by atoms with Crippen molar-refractivity contribution in [1.29, 1.82) is 0 Å². The number of thiazole rings is 1. The molecule has 1 unspecified atom stereocenters. The maximum absolute atomic E-state index is 11.1. The molecule has 0 amide bonds. The van der Waals surface area contributed by atoms with Crippen LogP contribution in [0.4, 0.5) is 0 Å². The Hall–Kier alpha value is -1.20. The summed E-state index contributed by atoms with van der Waals surface area (Å²) in [6.07, 6.45) is 2.42. The maximum Gasteiger partial charge on any atom is 0.312 e. The van der Waals surface area contributed by atoms with E-state index in [0.29, 0.717) is 6.42 Å². The molecule has 0 spiro atoms. The molecule has 2 aromatic rings. The topological polar surface area (TPSA) is 50.2 Å². The average Bonchev–Trinajstić information content (AvgIpc) is 2.92. The van der Waals surface area contributed by atoms with Crippen molar-refractivity contribution in [1.82, 2.24) is 4.98 Å². The Bertz CT molecular complexity index is 545. The Morgan fingerprint density at radius 3 is 3.18 bits per heavy atom. The Morgan fingerprint density at radius 2 is 2.47 bits per heavy atom. The van der Waals surface area contributed by atoms with Crippen LogP contribution in [0.15, 0.2) is 17.5 Å². The molecule has 2 aromatic heterocycles. The molecular weight excluding hydrogens is 254 g/mol. The fourth-order valence-corrected chi connectivity index (χ4v) is 4.12. The lowest BCUT2D eigenvalue weighted by atomic mass is 10.1. The van der Waals surface area contributed by atoms with Gasteiger partial charge >= 0.3 is 5.97 Å². The molecule has 17 heavy (non-hydrogen) atoms. The number of thiophene rings is 1. The minimum absolute atomic E-state index is 0.377. The molecule has 3 nitrogen and oxygen atoms in total. The second kappa shape index (κ2) is 4.23. The van der Waals surface area contributed by atoms with Gasteiger partial charge in [0.15, 0.2) is 0 Å². The van der Waals surface area contributed by atoms with E-state index >= 15 is 0 Å². The van der Waals surface area contributed by atoms with Crippen LogP contribution in [0.1, 0.15) is 32.8 Å². The van der Waals surface area contributed by atoms with E-state index in [9.17, 15) is 4.79 Å². The molecule has 1 aliphatic carbocycles.